The molecular weight excluding hydrogens is 295 g/mol. The Bertz CT molecular complexity index is 554. The fourth-order valence-corrected chi connectivity index (χ4v) is 2.66. The highest BCUT2D eigenvalue weighted by Gasteiger charge is 2.12. The number of aliphatic hydroxyl groups excluding tert-OH is 1. The van der Waals surface area contributed by atoms with Gasteiger partial charge in [-0.3, -0.25) is 0 Å². The summed E-state index contributed by atoms with van der Waals surface area (Å²) in [6.45, 7) is 1.99. The van der Waals surface area contributed by atoms with Gasteiger partial charge in [-0.2, -0.15) is 0 Å². The zero-order valence-corrected chi connectivity index (χ0v) is 11.6. The predicted molar refractivity (Wildman–Crippen MR) is 73.9 cm³/mol. The van der Waals surface area contributed by atoms with Crippen LogP contribution in [0.4, 0.5) is 4.39 Å². The Morgan fingerprint density at radius 1 is 1.22 bits per heavy atom. The van der Waals surface area contributed by atoms with Gasteiger partial charge in [-0.05, 0) is 41.8 Å². The summed E-state index contributed by atoms with van der Waals surface area (Å²) in [6, 6.07) is 12.1. The molecule has 0 spiro atoms. The van der Waals surface area contributed by atoms with Crippen molar-refractivity contribution in [3.8, 4) is 0 Å². The van der Waals surface area contributed by atoms with Gasteiger partial charge in [0.1, 0.15) is 5.82 Å². The number of hydrogen-bond donors (Lipinski definition) is 1. The van der Waals surface area contributed by atoms with Crippen molar-refractivity contribution in [3.05, 3.63) is 69.4 Å². The van der Waals surface area contributed by atoms with Crippen LogP contribution in [0.2, 0.25) is 0 Å². The van der Waals surface area contributed by atoms with E-state index in [1.54, 1.807) is 6.07 Å². The molecule has 0 aliphatic carbocycles. The zero-order valence-electron chi connectivity index (χ0n) is 10.0. The highest BCUT2D eigenvalue weighted by atomic mass is 79.9. The average molecular weight is 309 g/mol. The summed E-state index contributed by atoms with van der Waals surface area (Å²) >= 11 is 3.44. The molecule has 0 aliphatic heterocycles. The van der Waals surface area contributed by atoms with Crippen molar-refractivity contribution in [1.29, 1.82) is 0 Å². The Morgan fingerprint density at radius 3 is 2.67 bits per heavy atom. The Kier molecular flexibility index (Phi) is 4.15. The van der Waals surface area contributed by atoms with E-state index in [9.17, 15) is 9.50 Å². The number of rotatable bonds is 3. The van der Waals surface area contributed by atoms with Crippen molar-refractivity contribution in [3.63, 3.8) is 0 Å². The van der Waals surface area contributed by atoms with Crippen LogP contribution in [-0.4, -0.2) is 5.11 Å². The number of halogens is 2. The minimum absolute atomic E-state index is 0.275. The summed E-state index contributed by atoms with van der Waals surface area (Å²) in [7, 11) is 0. The summed E-state index contributed by atoms with van der Waals surface area (Å²) < 4.78 is 13.9. The minimum Gasteiger partial charge on any atom is -0.388 e. The molecule has 0 amide bonds. The fraction of sp³-hybridized carbons (Fsp3) is 0.200. The van der Waals surface area contributed by atoms with Crippen molar-refractivity contribution in [1.82, 2.24) is 0 Å². The second-order valence-corrected chi connectivity index (χ2v) is 5.23. The van der Waals surface area contributed by atoms with Crippen LogP contribution in [0.1, 0.15) is 22.8 Å². The monoisotopic (exact) mass is 308 g/mol. The van der Waals surface area contributed by atoms with Crippen LogP contribution in [0, 0.1) is 12.7 Å². The van der Waals surface area contributed by atoms with Crippen molar-refractivity contribution < 1.29 is 9.50 Å². The molecule has 0 saturated heterocycles. The average Bonchev–Trinajstić information content (AvgIpc) is 2.28. The molecule has 3 heteroatoms. The quantitative estimate of drug-likeness (QED) is 0.902. The van der Waals surface area contributed by atoms with Gasteiger partial charge in [0, 0.05) is 10.9 Å². The maximum atomic E-state index is 13.1. The van der Waals surface area contributed by atoms with E-state index < -0.39 is 6.10 Å². The molecule has 1 nitrogen and oxygen atoms in total. The van der Waals surface area contributed by atoms with Crippen molar-refractivity contribution in [2.75, 3.05) is 0 Å². The number of benzene rings is 2. The van der Waals surface area contributed by atoms with Crippen LogP contribution < -0.4 is 0 Å². The fourth-order valence-electron chi connectivity index (χ4n) is 1.90. The van der Waals surface area contributed by atoms with E-state index in [2.05, 4.69) is 15.9 Å². The summed E-state index contributed by atoms with van der Waals surface area (Å²) in [4.78, 5) is 0. The van der Waals surface area contributed by atoms with Crippen molar-refractivity contribution in [2.24, 2.45) is 0 Å². The van der Waals surface area contributed by atoms with E-state index in [1.807, 2.05) is 31.2 Å². The van der Waals surface area contributed by atoms with E-state index in [-0.39, 0.29) is 5.82 Å². The van der Waals surface area contributed by atoms with E-state index in [4.69, 9.17) is 0 Å². The van der Waals surface area contributed by atoms with E-state index in [1.165, 1.54) is 12.1 Å². The zero-order chi connectivity index (χ0) is 13.1. The molecule has 94 valence electrons. The second kappa shape index (κ2) is 5.63. The van der Waals surface area contributed by atoms with Gasteiger partial charge in [0.05, 0.1) is 6.10 Å². The van der Waals surface area contributed by atoms with Gasteiger partial charge < -0.3 is 5.11 Å². The molecule has 1 unspecified atom stereocenters. The maximum absolute atomic E-state index is 13.1. The smallest absolute Gasteiger partial charge is 0.123 e. The molecule has 0 aliphatic rings. The van der Waals surface area contributed by atoms with Gasteiger partial charge in [-0.15, -0.1) is 0 Å². The Labute approximate surface area is 114 Å². The number of aryl methyl sites for hydroxylation is 1. The minimum atomic E-state index is -0.637. The van der Waals surface area contributed by atoms with Gasteiger partial charge in [0.15, 0.2) is 0 Å². The highest BCUT2D eigenvalue weighted by Crippen LogP contribution is 2.27. The topological polar surface area (TPSA) is 20.2 Å². The van der Waals surface area contributed by atoms with Gasteiger partial charge >= 0.3 is 0 Å². The standard InChI is InChI=1S/C15H14BrFO/c1-10-5-6-13(14(16)7-10)15(18)9-11-3-2-4-12(17)8-11/h2-8,15,18H,9H2,1H3. The highest BCUT2D eigenvalue weighted by molar-refractivity contribution is 9.10. The molecule has 0 saturated carbocycles. The summed E-state index contributed by atoms with van der Waals surface area (Å²) in [6.07, 6.45) is -0.235. The SMILES string of the molecule is Cc1ccc(C(O)Cc2cccc(F)c2)c(Br)c1. The van der Waals surface area contributed by atoms with E-state index in [0.29, 0.717) is 6.42 Å². The van der Waals surface area contributed by atoms with Gasteiger partial charge in [-0.25, -0.2) is 4.39 Å². The third-order valence-electron chi connectivity index (χ3n) is 2.83. The molecule has 18 heavy (non-hydrogen) atoms. The summed E-state index contributed by atoms with van der Waals surface area (Å²) in [5.74, 6) is -0.275. The first kappa shape index (κ1) is 13.2. The maximum Gasteiger partial charge on any atom is 0.123 e. The molecule has 0 fully saturated rings. The van der Waals surface area contributed by atoms with Crippen LogP contribution >= 0.6 is 15.9 Å². The first-order valence-corrected chi connectivity index (χ1v) is 6.54. The summed E-state index contributed by atoms with van der Waals surface area (Å²) in [5.41, 5.74) is 2.74. The number of hydrogen-bond acceptors (Lipinski definition) is 1. The Hall–Kier alpha value is -1.19. The molecule has 0 aromatic heterocycles. The lowest BCUT2D eigenvalue weighted by Gasteiger charge is -2.13. The predicted octanol–water partition coefficient (Wildman–Crippen LogP) is 4.17. The first-order valence-electron chi connectivity index (χ1n) is 5.75. The molecule has 2 aromatic carbocycles. The van der Waals surface area contributed by atoms with Crippen molar-refractivity contribution >= 4 is 15.9 Å². The summed E-state index contributed by atoms with van der Waals surface area (Å²) in [5, 5.41) is 10.2. The van der Waals surface area contributed by atoms with Crippen LogP contribution in [0.3, 0.4) is 0 Å². The van der Waals surface area contributed by atoms with Gasteiger partial charge in [0.2, 0.25) is 0 Å². The van der Waals surface area contributed by atoms with Crippen LogP contribution in [-0.2, 0) is 6.42 Å². The normalized spacial score (nSPS) is 12.4. The number of aliphatic hydroxyl groups is 1. The van der Waals surface area contributed by atoms with E-state index in [0.717, 1.165) is 21.2 Å². The Balaban J connectivity index is 2.19. The van der Waals surface area contributed by atoms with Gasteiger partial charge in [-0.1, -0.05) is 40.2 Å². The van der Waals surface area contributed by atoms with Crippen molar-refractivity contribution in [2.45, 2.75) is 19.4 Å². The van der Waals surface area contributed by atoms with Crippen LogP contribution in [0.25, 0.3) is 0 Å². The molecule has 0 radical (unpaired) electrons. The van der Waals surface area contributed by atoms with E-state index >= 15 is 0 Å². The third kappa shape index (κ3) is 3.18. The molecule has 0 bridgehead atoms. The lowest BCUT2D eigenvalue weighted by Crippen LogP contribution is -2.03. The van der Waals surface area contributed by atoms with Crippen LogP contribution in [0.5, 0.6) is 0 Å². The molecule has 1 N–H and O–H groups in total. The molecule has 0 heterocycles. The third-order valence-corrected chi connectivity index (χ3v) is 3.52. The largest absolute Gasteiger partial charge is 0.388 e. The first-order chi connectivity index (χ1) is 8.56. The lowest BCUT2D eigenvalue weighted by molar-refractivity contribution is 0.177. The van der Waals surface area contributed by atoms with Gasteiger partial charge in [0.25, 0.3) is 0 Å². The molecular formula is C15H14BrFO. The lowest BCUT2D eigenvalue weighted by atomic mass is 10.0. The molecule has 2 rings (SSSR count). The van der Waals surface area contributed by atoms with Crippen LogP contribution in [0.15, 0.2) is 46.9 Å². The second-order valence-electron chi connectivity index (χ2n) is 4.37. The molecule has 1 atom stereocenters. The molecule has 2 aromatic rings. The Morgan fingerprint density at radius 2 is 2.00 bits per heavy atom.